The second-order valence-electron chi connectivity index (χ2n) is 3.82. The highest BCUT2D eigenvalue weighted by Crippen LogP contribution is 1.99. The molecule has 0 heterocycles. The van der Waals surface area contributed by atoms with Crippen LogP contribution in [0.3, 0.4) is 0 Å². The van der Waals surface area contributed by atoms with Gasteiger partial charge < -0.3 is 4.79 Å². The summed E-state index contributed by atoms with van der Waals surface area (Å²) in [6.07, 6.45) is 5.19. The number of hydrogen-bond acceptors (Lipinski definition) is 1. The Labute approximate surface area is 107 Å². The van der Waals surface area contributed by atoms with Crippen molar-refractivity contribution in [2.24, 2.45) is 0 Å². The van der Waals surface area contributed by atoms with Gasteiger partial charge in [-0.05, 0) is 20.3 Å². The first-order chi connectivity index (χ1) is 8.20. The maximum atomic E-state index is 9.68. The van der Waals surface area contributed by atoms with Crippen LogP contribution in [-0.2, 0) is 4.79 Å². The van der Waals surface area contributed by atoms with Crippen LogP contribution in [-0.4, -0.2) is 6.29 Å². The summed E-state index contributed by atoms with van der Waals surface area (Å²) < 4.78 is 0. The van der Waals surface area contributed by atoms with Gasteiger partial charge in [-0.3, -0.25) is 0 Å². The van der Waals surface area contributed by atoms with Crippen LogP contribution in [0.5, 0.6) is 0 Å². The lowest BCUT2D eigenvalue weighted by atomic mass is 10.2. The summed E-state index contributed by atoms with van der Waals surface area (Å²) in [5.74, 6) is 0. The third kappa shape index (κ3) is 14.6. The standard InChI is InChI=1S/C8H10.C6H12O.C2H4/c1-7-3-5-8(2)6-4-7;1-2-3-4-5-6-7;1-2/h3-6H,1-2H3;6H,2-5H2,1H3;1-2H2. The zero-order chi connectivity index (χ0) is 13.5. The summed E-state index contributed by atoms with van der Waals surface area (Å²) in [4.78, 5) is 9.68. The zero-order valence-corrected chi connectivity index (χ0v) is 11.5. The second kappa shape index (κ2) is 14.6. The maximum absolute atomic E-state index is 9.68. The van der Waals surface area contributed by atoms with Crippen LogP contribution >= 0.6 is 0 Å². The maximum Gasteiger partial charge on any atom is 0.119 e. The fourth-order valence-electron chi connectivity index (χ4n) is 1.11. The molecular formula is C16H26O. The quantitative estimate of drug-likeness (QED) is 0.412. The van der Waals surface area contributed by atoms with Crippen LogP contribution in [0, 0.1) is 13.8 Å². The van der Waals surface area contributed by atoms with Crippen molar-refractivity contribution in [2.75, 3.05) is 0 Å². The molecule has 0 aliphatic rings. The Morgan fingerprint density at radius 3 is 1.71 bits per heavy atom. The molecule has 0 radical (unpaired) electrons. The molecule has 0 aromatic heterocycles. The van der Waals surface area contributed by atoms with E-state index in [1.165, 1.54) is 24.0 Å². The highest BCUT2D eigenvalue weighted by atomic mass is 16.1. The Kier molecular flexibility index (Phi) is 15.5. The molecule has 1 aromatic carbocycles. The van der Waals surface area contributed by atoms with Crippen molar-refractivity contribution in [3.63, 3.8) is 0 Å². The Morgan fingerprint density at radius 2 is 1.41 bits per heavy atom. The minimum Gasteiger partial charge on any atom is -0.303 e. The van der Waals surface area contributed by atoms with Gasteiger partial charge in [0.05, 0.1) is 0 Å². The van der Waals surface area contributed by atoms with Crippen molar-refractivity contribution in [2.45, 2.75) is 46.5 Å². The Bertz CT molecular complexity index is 240. The number of unbranched alkanes of at least 4 members (excludes halogenated alkanes) is 3. The molecule has 0 saturated carbocycles. The van der Waals surface area contributed by atoms with Crippen molar-refractivity contribution >= 4 is 6.29 Å². The Morgan fingerprint density at radius 1 is 1.00 bits per heavy atom. The smallest absolute Gasteiger partial charge is 0.119 e. The van der Waals surface area contributed by atoms with E-state index in [-0.39, 0.29) is 0 Å². The van der Waals surface area contributed by atoms with Crippen molar-refractivity contribution < 1.29 is 4.79 Å². The molecule has 0 saturated heterocycles. The molecule has 17 heavy (non-hydrogen) atoms. The first-order valence-electron chi connectivity index (χ1n) is 6.17. The Hall–Kier alpha value is -1.37. The third-order valence-corrected chi connectivity index (χ3v) is 2.14. The summed E-state index contributed by atoms with van der Waals surface area (Å²) in [5.41, 5.74) is 2.66. The van der Waals surface area contributed by atoms with E-state index in [1.54, 1.807) is 0 Å². The topological polar surface area (TPSA) is 17.1 Å². The largest absolute Gasteiger partial charge is 0.303 e. The predicted octanol–water partition coefficient (Wildman–Crippen LogP) is 4.87. The summed E-state index contributed by atoms with van der Waals surface area (Å²) in [6.45, 7) is 12.3. The van der Waals surface area contributed by atoms with Crippen LogP contribution in [0.1, 0.15) is 43.7 Å². The molecule has 0 bridgehead atoms. The molecule has 0 fully saturated rings. The molecule has 96 valence electrons. The monoisotopic (exact) mass is 234 g/mol. The van der Waals surface area contributed by atoms with E-state index in [1.807, 2.05) is 0 Å². The molecule has 1 nitrogen and oxygen atoms in total. The van der Waals surface area contributed by atoms with Crippen LogP contribution in [0.2, 0.25) is 0 Å². The van der Waals surface area contributed by atoms with Crippen molar-refractivity contribution in [1.82, 2.24) is 0 Å². The minimum atomic E-state index is 0.744. The molecule has 0 N–H and O–H groups in total. The average Bonchev–Trinajstić information content (AvgIpc) is 2.37. The van der Waals surface area contributed by atoms with Gasteiger partial charge in [0.1, 0.15) is 6.29 Å². The van der Waals surface area contributed by atoms with Crippen LogP contribution in [0.15, 0.2) is 37.4 Å². The van der Waals surface area contributed by atoms with Gasteiger partial charge in [0.15, 0.2) is 0 Å². The lowest BCUT2D eigenvalue weighted by Crippen LogP contribution is -1.73. The van der Waals surface area contributed by atoms with Crippen molar-refractivity contribution in [3.8, 4) is 0 Å². The van der Waals surface area contributed by atoms with Gasteiger partial charge in [-0.1, -0.05) is 55.2 Å². The van der Waals surface area contributed by atoms with Gasteiger partial charge in [0.2, 0.25) is 0 Å². The molecular weight excluding hydrogens is 208 g/mol. The van der Waals surface area contributed by atoms with Crippen molar-refractivity contribution in [1.29, 1.82) is 0 Å². The SMILES string of the molecule is C=C.CCCCCC=O.Cc1ccc(C)cc1. The number of benzene rings is 1. The number of rotatable bonds is 4. The normalized spacial score (nSPS) is 8.18. The zero-order valence-electron chi connectivity index (χ0n) is 11.5. The number of carbonyl (C=O) groups is 1. The molecule has 0 amide bonds. The lowest BCUT2D eigenvalue weighted by molar-refractivity contribution is -0.107. The molecule has 1 aromatic rings. The molecule has 1 rings (SSSR count). The van der Waals surface area contributed by atoms with Gasteiger partial charge >= 0.3 is 0 Å². The van der Waals surface area contributed by atoms with Crippen molar-refractivity contribution in [3.05, 3.63) is 48.6 Å². The number of aryl methyl sites for hydroxylation is 2. The van der Waals surface area contributed by atoms with Gasteiger partial charge in [-0.2, -0.15) is 0 Å². The van der Waals surface area contributed by atoms with E-state index >= 15 is 0 Å². The van der Waals surface area contributed by atoms with E-state index in [0.717, 1.165) is 19.1 Å². The lowest BCUT2D eigenvalue weighted by Gasteiger charge is -1.90. The number of hydrogen-bond donors (Lipinski definition) is 0. The summed E-state index contributed by atoms with van der Waals surface area (Å²) in [7, 11) is 0. The molecule has 0 unspecified atom stereocenters. The third-order valence-electron chi connectivity index (χ3n) is 2.14. The molecule has 0 aliphatic carbocycles. The Balaban J connectivity index is 0. The molecule has 0 spiro atoms. The average molecular weight is 234 g/mol. The first-order valence-corrected chi connectivity index (χ1v) is 6.17. The number of aldehydes is 1. The van der Waals surface area contributed by atoms with E-state index in [4.69, 9.17) is 0 Å². The fraction of sp³-hybridized carbons (Fsp3) is 0.438. The van der Waals surface area contributed by atoms with Crippen LogP contribution < -0.4 is 0 Å². The van der Waals surface area contributed by atoms with Crippen LogP contribution in [0.4, 0.5) is 0 Å². The summed E-state index contributed by atoms with van der Waals surface area (Å²) in [6, 6.07) is 8.48. The van der Waals surface area contributed by atoms with Crippen LogP contribution in [0.25, 0.3) is 0 Å². The molecule has 1 heteroatoms. The molecule has 0 aliphatic heterocycles. The minimum absolute atomic E-state index is 0.744. The predicted molar refractivity (Wildman–Crippen MR) is 77.4 cm³/mol. The van der Waals surface area contributed by atoms with E-state index in [2.05, 4.69) is 58.2 Å². The van der Waals surface area contributed by atoms with E-state index in [0.29, 0.717) is 0 Å². The van der Waals surface area contributed by atoms with Gasteiger partial charge in [0, 0.05) is 6.42 Å². The first kappa shape index (κ1) is 18.0. The van der Waals surface area contributed by atoms with E-state index < -0.39 is 0 Å². The number of carbonyl (C=O) groups excluding carboxylic acids is 1. The summed E-state index contributed by atoms with van der Waals surface area (Å²) in [5, 5.41) is 0. The van der Waals surface area contributed by atoms with E-state index in [9.17, 15) is 4.79 Å². The van der Waals surface area contributed by atoms with Gasteiger partial charge in [-0.15, -0.1) is 13.2 Å². The van der Waals surface area contributed by atoms with Gasteiger partial charge in [0.25, 0.3) is 0 Å². The highest BCUT2D eigenvalue weighted by Gasteiger charge is 1.80. The highest BCUT2D eigenvalue weighted by molar-refractivity contribution is 5.48. The van der Waals surface area contributed by atoms with Gasteiger partial charge in [-0.25, -0.2) is 0 Å². The fourth-order valence-corrected chi connectivity index (χ4v) is 1.11. The second-order valence-corrected chi connectivity index (χ2v) is 3.82. The molecule has 0 atom stereocenters. The summed E-state index contributed by atoms with van der Waals surface area (Å²) >= 11 is 0.